The van der Waals surface area contributed by atoms with Gasteiger partial charge < -0.3 is 9.57 Å². The van der Waals surface area contributed by atoms with Crippen molar-refractivity contribution in [3.8, 4) is 5.75 Å². The van der Waals surface area contributed by atoms with Crippen LogP contribution in [0.2, 0.25) is 0 Å². The number of methoxy groups -OCH3 is 1. The lowest BCUT2D eigenvalue weighted by atomic mass is 9.91. The second-order valence-corrected chi connectivity index (χ2v) is 4.44. The van der Waals surface area contributed by atoms with Crippen molar-refractivity contribution in [1.82, 2.24) is 0 Å². The summed E-state index contributed by atoms with van der Waals surface area (Å²) in [5.74, 6) is 0.991. The van der Waals surface area contributed by atoms with Gasteiger partial charge in [0.2, 0.25) is 0 Å². The van der Waals surface area contributed by atoms with E-state index in [9.17, 15) is 0 Å². The Kier molecular flexibility index (Phi) is 3.19. The first-order valence-electron chi connectivity index (χ1n) is 6.28. The van der Waals surface area contributed by atoms with E-state index in [1.807, 2.05) is 42.5 Å². The quantitative estimate of drug-likeness (QED) is 0.841. The van der Waals surface area contributed by atoms with E-state index in [-0.39, 0.29) is 5.92 Å². The third kappa shape index (κ3) is 2.19. The summed E-state index contributed by atoms with van der Waals surface area (Å²) in [4.78, 5) is 5.31. The molecule has 0 saturated heterocycles. The minimum Gasteiger partial charge on any atom is -0.496 e. The number of oxime groups is 1. The average molecular weight is 253 g/mol. The highest BCUT2D eigenvalue weighted by atomic mass is 16.6. The molecule has 0 radical (unpaired) electrons. The molecule has 3 rings (SSSR count). The maximum Gasteiger partial charge on any atom is 0.129 e. The molecule has 2 aromatic carbocycles. The Hall–Kier alpha value is -2.29. The van der Waals surface area contributed by atoms with Crippen molar-refractivity contribution in [3.63, 3.8) is 0 Å². The predicted octanol–water partition coefficient (Wildman–Crippen LogP) is 3.21. The van der Waals surface area contributed by atoms with Gasteiger partial charge in [-0.05, 0) is 17.7 Å². The van der Waals surface area contributed by atoms with Crippen LogP contribution >= 0.6 is 0 Å². The summed E-state index contributed by atoms with van der Waals surface area (Å²) in [6.07, 6.45) is 0. The molecule has 2 aromatic rings. The number of benzene rings is 2. The number of para-hydroxylation sites is 1. The molecule has 3 heteroatoms. The second-order valence-electron chi connectivity index (χ2n) is 4.44. The molecule has 0 N–H and O–H groups in total. The Morgan fingerprint density at radius 3 is 2.58 bits per heavy atom. The third-order valence-corrected chi connectivity index (χ3v) is 3.32. The summed E-state index contributed by atoms with van der Waals surface area (Å²) in [6, 6.07) is 18.2. The minimum absolute atomic E-state index is 0.164. The van der Waals surface area contributed by atoms with Crippen LogP contribution in [0.15, 0.2) is 59.8 Å². The fourth-order valence-corrected chi connectivity index (χ4v) is 2.36. The van der Waals surface area contributed by atoms with Gasteiger partial charge in [-0.25, -0.2) is 0 Å². The van der Waals surface area contributed by atoms with Crippen molar-refractivity contribution in [3.05, 3.63) is 65.7 Å². The van der Waals surface area contributed by atoms with E-state index in [1.54, 1.807) is 7.11 Å². The van der Waals surface area contributed by atoms with E-state index in [0.717, 1.165) is 17.0 Å². The number of hydrogen-bond donors (Lipinski definition) is 0. The van der Waals surface area contributed by atoms with Crippen molar-refractivity contribution in [2.45, 2.75) is 5.92 Å². The lowest BCUT2D eigenvalue weighted by molar-refractivity contribution is 0.166. The van der Waals surface area contributed by atoms with Crippen LogP contribution < -0.4 is 4.74 Å². The summed E-state index contributed by atoms with van der Waals surface area (Å²) >= 11 is 0. The summed E-state index contributed by atoms with van der Waals surface area (Å²) in [7, 11) is 1.67. The van der Waals surface area contributed by atoms with Crippen LogP contribution in [0, 0.1) is 0 Å². The van der Waals surface area contributed by atoms with E-state index < -0.39 is 0 Å². The van der Waals surface area contributed by atoms with Gasteiger partial charge in [-0.2, -0.15) is 0 Å². The molecule has 1 aliphatic rings. The second kappa shape index (κ2) is 5.14. The van der Waals surface area contributed by atoms with Crippen LogP contribution in [-0.2, 0) is 4.84 Å². The van der Waals surface area contributed by atoms with Crippen molar-refractivity contribution >= 4 is 5.71 Å². The van der Waals surface area contributed by atoms with Gasteiger partial charge in [0.15, 0.2) is 0 Å². The molecule has 0 aromatic heterocycles. The molecule has 1 aliphatic heterocycles. The Balaban J connectivity index is 2.00. The SMILES string of the molecule is COc1ccccc1C1=NOC[C@@H]1c1ccccc1. The van der Waals surface area contributed by atoms with Gasteiger partial charge in [-0.1, -0.05) is 47.6 Å². The van der Waals surface area contributed by atoms with E-state index in [1.165, 1.54) is 5.56 Å². The molecular formula is C16H15NO2. The van der Waals surface area contributed by atoms with Crippen molar-refractivity contribution in [2.24, 2.45) is 5.16 Å². The molecule has 96 valence electrons. The van der Waals surface area contributed by atoms with Crippen LogP contribution in [0.3, 0.4) is 0 Å². The topological polar surface area (TPSA) is 30.8 Å². The van der Waals surface area contributed by atoms with E-state index >= 15 is 0 Å². The summed E-state index contributed by atoms with van der Waals surface area (Å²) in [5.41, 5.74) is 3.14. The molecule has 19 heavy (non-hydrogen) atoms. The monoisotopic (exact) mass is 253 g/mol. The fraction of sp³-hybridized carbons (Fsp3) is 0.188. The zero-order chi connectivity index (χ0) is 13.1. The minimum atomic E-state index is 0.164. The smallest absolute Gasteiger partial charge is 0.129 e. The molecule has 0 fully saturated rings. The fourth-order valence-electron chi connectivity index (χ4n) is 2.36. The standard InChI is InChI=1S/C16H15NO2/c1-18-15-10-6-5-9-13(15)16-14(11-19-17-16)12-7-3-2-4-8-12/h2-10,14H,11H2,1H3/t14-/m1/s1. The molecule has 0 saturated carbocycles. The van der Waals surface area contributed by atoms with Gasteiger partial charge in [0.05, 0.1) is 13.0 Å². The number of ether oxygens (including phenoxy) is 1. The summed E-state index contributed by atoms with van der Waals surface area (Å²) < 4.78 is 5.41. The predicted molar refractivity (Wildman–Crippen MR) is 74.7 cm³/mol. The molecule has 0 aliphatic carbocycles. The van der Waals surface area contributed by atoms with Gasteiger partial charge in [0.1, 0.15) is 18.1 Å². The summed E-state index contributed by atoms with van der Waals surface area (Å²) in [5, 5.41) is 4.21. The molecule has 0 bridgehead atoms. The molecule has 0 spiro atoms. The van der Waals surface area contributed by atoms with Crippen molar-refractivity contribution < 1.29 is 9.57 Å². The molecule has 0 unspecified atom stereocenters. The van der Waals surface area contributed by atoms with Crippen LogP contribution in [0.5, 0.6) is 5.75 Å². The van der Waals surface area contributed by atoms with E-state index in [0.29, 0.717) is 6.61 Å². The first-order chi connectivity index (χ1) is 9.40. The molecule has 1 atom stereocenters. The Morgan fingerprint density at radius 1 is 1.05 bits per heavy atom. The highest BCUT2D eigenvalue weighted by molar-refractivity contribution is 6.07. The number of hydrogen-bond acceptors (Lipinski definition) is 3. The van der Waals surface area contributed by atoms with Gasteiger partial charge in [0, 0.05) is 5.56 Å². The number of nitrogens with zero attached hydrogens (tertiary/aromatic N) is 1. The van der Waals surface area contributed by atoms with Crippen LogP contribution in [-0.4, -0.2) is 19.4 Å². The van der Waals surface area contributed by atoms with Crippen molar-refractivity contribution in [1.29, 1.82) is 0 Å². The average Bonchev–Trinajstić information content (AvgIpc) is 2.97. The van der Waals surface area contributed by atoms with Crippen molar-refractivity contribution in [2.75, 3.05) is 13.7 Å². The maximum absolute atomic E-state index is 5.41. The third-order valence-electron chi connectivity index (χ3n) is 3.32. The molecular weight excluding hydrogens is 238 g/mol. The Labute approximate surface area is 112 Å². The molecule has 3 nitrogen and oxygen atoms in total. The van der Waals surface area contributed by atoms with Crippen LogP contribution in [0.1, 0.15) is 17.0 Å². The maximum atomic E-state index is 5.41. The zero-order valence-electron chi connectivity index (χ0n) is 10.7. The summed E-state index contributed by atoms with van der Waals surface area (Å²) in [6.45, 7) is 0.581. The lowest BCUT2D eigenvalue weighted by Crippen LogP contribution is -2.13. The highest BCUT2D eigenvalue weighted by Gasteiger charge is 2.28. The first-order valence-corrected chi connectivity index (χ1v) is 6.28. The zero-order valence-corrected chi connectivity index (χ0v) is 10.7. The van der Waals surface area contributed by atoms with Crippen LogP contribution in [0.4, 0.5) is 0 Å². The Morgan fingerprint density at radius 2 is 1.79 bits per heavy atom. The van der Waals surface area contributed by atoms with Crippen LogP contribution in [0.25, 0.3) is 0 Å². The number of rotatable bonds is 3. The largest absolute Gasteiger partial charge is 0.496 e. The molecule has 1 heterocycles. The lowest BCUT2D eigenvalue weighted by Gasteiger charge is -2.13. The van der Waals surface area contributed by atoms with E-state index in [2.05, 4.69) is 17.3 Å². The molecule has 0 amide bonds. The highest BCUT2D eigenvalue weighted by Crippen LogP contribution is 2.30. The van der Waals surface area contributed by atoms with Gasteiger partial charge in [0.25, 0.3) is 0 Å². The Bertz CT molecular complexity index is 593. The first kappa shape index (κ1) is 11.8. The van der Waals surface area contributed by atoms with Gasteiger partial charge >= 0.3 is 0 Å². The van der Waals surface area contributed by atoms with E-state index in [4.69, 9.17) is 9.57 Å². The van der Waals surface area contributed by atoms with Gasteiger partial charge in [-0.15, -0.1) is 0 Å². The van der Waals surface area contributed by atoms with Gasteiger partial charge in [-0.3, -0.25) is 0 Å². The normalized spacial score (nSPS) is 17.7.